The maximum Gasteiger partial charge on any atom is 0.322 e. The summed E-state index contributed by atoms with van der Waals surface area (Å²) in [7, 11) is 3.20. The number of aromatic nitrogens is 2. The van der Waals surface area contributed by atoms with Gasteiger partial charge in [-0.15, -0.1) is 11.3 Å². The lowest BCUT2D eigenvalue weighted by Crippen LogP contribution is -2.09. The molecule has 0 saturated heterocycles. The van der Waals surface area contributed by atoms with Crippen LogP contribution in [0.5, 0.6) is 11.5 Å². The van der Waals surface area contributed by atoms with Gasteiger partial charge in [0, 0.05) is 10.4 Å². The lowest BCUT2D eigenvalue weighted by Gasteiger charge is -2.14. The summed E-state index contributed by atoms with van der Waals surface area (Å²) in [5.41, 5.74) is 0.803. The van der Waals surface area contributed by atoms with E-state index in [1.54, 1.807) is 25.6 Å². The molecule has 0 saturated carbocycles. The molecule has 132 valence electrons. The van der Waals surface area contributed by atoms with Gasteiger partial charge in [-0.2, -0.15) is 4.98 Å². The zero-order valence-corrected chi connectivity index (χ0v) is 15.3. The van der Waals surface area contributed by atoms with Crippen molar-refractivity contribution in [2.75, 3.05) is 19.5 Å². The molecule has 0 aliphatic rings. The first-order chi connectivity index (χ1) is 12.2. The molecule has 6 nitrogen and oxygen atoms in total. The molecule has 1 aromatic carbocycles. The Kier molecular flexibility index (Phi) is 5.55. The Labute approximate surface area is 150 Å². The fourth-order valence-corrected chi connectivity index (χ4v) is 3.40. The van der Waals surface area contributed by atoms with Crippen molar-refractivity contribution in [3.8, 4) is 22.9 Å². The van der Waals surface area contributed by atoms with Gasteiger partial charge in [0.1, 0.15) is 0 Å². The van der Waals surface area contributed by atoms with Gasteiger partial charge in [-0.05, 0) is 36.1 Å². The zero-order valence-electron chi connectivity index (χ0n) is 14.5. The van der Waals surface area contributed by atoms with Gasteiger partial charge in [0.05, 0.1) is 20.3 Å². The number of anilines is 1. The van der Waals surface area contributed by atoms with Crippen LogP contribution in [0.4, 0.5) is 6.01 Å². The Balaban J connectivity index is 1.80. The van der Waals surface area contributed by atoms with Crippen molar-refractivity contribution in [1.82, 2.24) is 10.1 Å². The van der Waals surface area contributed by atoms with Crippen molar-refractivity contribution in [3.05, 3.63) is 40.6 Å². The third-order valence-corrected chi connectivity index (χ3v) is 4.82. The lowest BCUT2D eigenvalue weighted by atomic mass is 10.1. The van der Waals surface area contributed by atoms with Crippen molar-refractivity contribution in [1.29, 1.82) is 0 Å². The molecule has 2 aromatic heterocycles. The maximum atomic E-state index is 5.38. The van der Waals surface area contributed by atoms with Gasteiger partial charge < -0.3 is 19.3 Å². The standard InChI is InChI=1S/C18H21N3O3S/c1-4-6-13(16-7-5-10-25-16)19-18-20-17(21-24-18)12-8-9-14(22-2)15(11-12)23-3/h5,7-11,13H,4,6H2,1-3H3,(H,19,20,21). The fraction of sp³-hybridized carbons (Fsp3) is 0.333. The van der Waals surface area contributed by atoms with Crippen LogP contribution in [0.1, 0.15) is 30.7 Å². The van der Waals surface area contributed by atoms with Crippen LogP contribution in [-0.4, -0.2) is 24.4 Å². The van der Waals surface area contributed by atoms with E-state index in [4.69, 9.17) is 14.0 Å². The van der Waals surface area contributed by atoms with E-state index >= 15 is 0 Å². The smallest absolute Gasteiger partial charge is 0.322 e. The number of nitrogens with one attached hydrogen (secondary N) is 1. The Bertz CT molecular complexity index is 802. The Morgan fingerprint density at radius 2 is 2.04 bits per heavy atom. The van der Waals surface area contributed by atoms with E-state index in [9.17, 15) is 0 Å². The fourth-order valence-electron chi connectivity index (χ4n) is 2.59. The van der Waals surface area contributed by atoms with Crippen LogP contribution < -0.4 is 14.8 Å². The Morgan fingerprint density at radius 1 is 1.20 bits per heavy atom. The molecule has 0 bridgehead atoms. The second-order valence-corrected chi connectivity index (χ2v) is 6.47. The van der Waals surface area contributed by atoms with Gasteiger partial charge in [0.15, 0.2) is 11.5 Å². The lowest BCUT2D eigenvalue weighted by molar-refractivity contribution is 0.355. The highest BCUT2D eigenvalue weighted by molar-refractivity contribution is 7.10. The summed E-state index contributed by atoms with van der Waals surface area (Å²) in [6.45, 7) is 2.16. The van der Waals surface area contributed by atoms with Crippen LogP contribution >= 0.6 is 11.3 Å². The van der Waals surface area contributed by atoms with Crippen LogP contribution in [0.15, 0.2) is 40.2 Å². The largest absolute Gasteiger partial charge is 0.493 e. The molecule has 3 aromatic rings. The third-order valence-electron chi connectivity index (χ3n) is 3.83. The predicted octanol–water partition coefficient (Wildman–Crippen LogP) is 4.77. The summed E-state index contributed by atoms with van der Waals surface area (Å²) in [4.78, 5) is 5.72. The summed E-state index contributed by atoms with van der Waals surface area (Å²) in [6.07, 6.45) is 2.06. The second kappa shape index (κ2) is 8.02. The third kappa shape index (κ3) is 3.93. The predicted molar refractivity (Wildman–Crippen MR) is 98.4 cm³/mol. The normalized spacial score (nSPS) is 12.0. The van der Waals surface area contributed by atoms with Gasteiger partial charge >= 0.3 is 6.01 Å². The van der Waals surface area contributed by atoms with Crippen LogP contribution in [0.25, 0.3) is 11.4 Å². The molecule has 0 aliphatic heterocycles. The first-order valence-corrected chi connectivity index (χ1v) is 8.99. The van der Waals surface area contributed by atoms with Gasteiger partial charge in [-0.25, -0.2) is 0 Å². The molecule has 0 spiro atoms. The van der Waals surface area contributed by atoms with Crippen molar-refractivity contribution >= 4 is 17.4 Å². The monoisotopic (exact) mass is 359 g/mol. The number of methoxy groups -OCH3 is 2. The Hall–Kier alpha value is -2.54. The van der Waals surface area contributed by atoms with Crippen LogP contribution in [0.2, 0.25) is 0 Å². The molecule has 0 fully saturated rings. The van der Waals surface area contributed by atoms with E-state index in [2.05, 4.69) is 33.8 Å². The minimum Gasteiger partial charge on any atom is -0.493 e. The summed E-state index contributed by atoms with van der Waals surface area (Å²) in [5, 5.41) is 9.48. The number of ether oxygens (including phenoxy) is 2. The van der Waals surface area contributed by atoms with Crippen molar-refractivity contribution in [3.63, 3.8) is 0 Å². The Morgan fingerprint density at radius 3 is 2.72 bits per heavy atom. The van der Waals surface area contributed by atoms with Gasteiger partial charge in [0.25, 0.3) is 0 Å². The number of hydrogen-bond acceptors (Lipinski definition) is 7. The highest BCUT2D eigenvalue weighted by Gasteiger charge is 2.17. The van der Waals surface area contributed by atoms with Gasteiger partial charge in [0.2, 0.25) is 5.82 Å². The molecule has 0 amide bonds. The van der Waals surface area contributed by atoms with E-state index < -0.39 is 0 Å². The molecule has 2 heterocycles. The number of rotatable bonds is 8. The highest BCUT2D eigenvalue weighted by Crippen LogP contribution is 2.32. The molecule has 1 atom stereocenters. The number of hydrogen-bond donors (Lipinski definition) is 1. The van der Waals surface area contributed by atoms with Crippen LogP contribution in [-0.2, 0) is 0 Å². The summed E-state index contributed by atoms with van der Waals surface area (Å²) >= 11 is 1.72. The molecule has 1 N–H and O–H groups in total. The second-order valence-electron chi connectivity index (χ2n) is 5.49. The zero-order chi connectivity index (χ0) is 17.6. The molecule has 1 unspecified atom stereocenters. The summed E-state index contributed by atoms with van der Waals surface area (Å²) in [5.74, 6) is 1.79. The average molecular weight is 359 g/mol. The van der Waals surface area contributed by atoms with E-state index in [0.717, 1.165) is 18.4 Å². The van der Waals surface area contributed by atoms with Crippen molar-refractivity contribution < 1.29 is 14.0 Å². The van der Waals surface area contributed by atoms with E-state index in [1.165, 1.54) is 4.88 Å². The van der Waals surface area contributed by atoms with Gasteiger partial charge in [-0.3, -0.25) is 0 Å². The average Bonchev–Trinajstić information content (AvgIpc) is 3.32. The quantitative estimate of drug-likeness (QED) is 0.625. The summed E-state index contributed by atoms with van der Waals surface area (Å²) in [6, 6.07) is 10.3. The SMILES string of the molecule is CCCC(Nc1nc(-c2ccc(OC)c(OC)c2)no1)c1cccs1. The minimum atomic E-state index is 0.170. The molecule has 7 heteroatoms. The first kappa shape index (κ1) is 17.3. The van der Waals surface area contributed by atoms with Gasteiger partial charge in [-0.1, -0.05) is 24.6 Å². The maximum absolute atomic E-state index is 5.38. The molecule has 0 radical (unpaired) electrons. The van der Waals surface area contributed by atoms with E-state index in [-0.39, 0.29) is 6.04 Å². The minimum absolute atomic E-state index is 0.170. The van der Waals surface area contributed by atoms with Crippen molar-refractivity contribution in [2.24, 2.45) is 0 Å². The van der Waals surface area contributed by atoms with Crippen LogP contribution in [0.3, 0.4) is 0 Å². The van der Waals surface area contributed by atoms with E-state index in [0.29, 0.717) is 23.3 Å². The van der Waals surface area contributed by atoms with Crippen LogP contribution in [0, 0.1) is 0 Å². The molecule has 3 rings (SSSR count). The molecular formula is C18H21N3O3S. The highest BCUT2D eigenvalue weighted by atomic mass is 32.1. The topological polar surface area (TPSA) is 69.4 Å². The first-order valence-electron chi connectivity index (χ1n) is 8.11. The molecular weight excluding hydrogens is 338 g/mol. The summed E-state index contributed by atoms with van der Waals surface area (Å²) < 4.78 is 16.0. The number of benzene rings is 1. The van der Waals surface area contributed by atoms with Crippen molar-refractivity contribution in [2.45, 2.75) is 25.8 Å². The molecule has 25 heavy (non-hydrogen) atoms. The molecule has 0 aliphatic carbocycles. The number of nitrogens with zero attached hydrogens (tertiary/aromatic N) is 2. The number of thiophene rings is 1. The van der Waals surface area contributed by atoms with E-state index in [1.807, 2.05) is 24.3 Å².